The third-order valence-electron chi connectivity index (χ3n) is 3.90. The highest BCUT2D eigenvalue weighted by atomic mass is 16.5. The molecule has 0 radical (unpaired) electrons. The molecule has 1 aliphatic rings. The van der Waals surface area contributed by atoms with Crippen molar-refractivity contribution in [3.63, 3.8) is 0 Å². The van der Waals surface area contributed by atoms with Gasteiger partial charge in [-0.15, -0.1) is 0 Å². The Morgan fingerprint density at radius 1 is 1.25 bits per heavy atom. The molecule has 0 aromatic carbocycles. The standard InChI is InChI=1S/C17H36N2O/c1-4-13-20-17-9-8-12-19(15-17)11-7-5-6-10-18-14-16(2)3/h16-18H,4-15H2,1-3H3. The van der Waals surface area contributed by atoms with Gasteiger partial charge < -0.3 is 15.0 Å². The molecule has 120 valence electrons. The van der Waals surface area contributed by atoms with E-state index in [2.05, 4.69) is 31.0 Å². The minimum absolute atomic E-state index is 0.497. The molecule has 1 aliphatic heterocycles. The molecule has 0 bridgehead atoms. The van der Waals surface area contributed by atoms with Gasteiger partial charge in [0, 0.05) is 13.2 Å². The summed E-state index contributed by atoms with van der Waals surface area (Å²) in [4.78, 5) is 2.60. The first kappa shape index (κ1) is 17.9. The van der Waals surface area contributed by atoms with E-state index < -0.39 is 0 Å². The number of ether oxygens (including phenoxy) is 1. The van der Waals surface area contributed by atoms with Crippen LogP contribution in [0.15, 0.2) is 0 Å². The summed E-state index contributed by atoms with van der Waals surface area (Å²) in [6, 6.07) is 0. The molecule has 0 spiro atoms. The monoisotopic (exact) mass is 284 g/mol. The molecule has 1 rings (SSSR count). The molecule has 1 atom stereocenters. The van der Waals surface area contributed by atoms with Crippen LogP contribution in [0.1, 0.15) is 59.3 Å². The van der Waals surface area contributed by atoms with Crippen molar-refractivity contribution in [2.45, 2.75) is 65.4 Å². The average molecular weight is 284 g/mol. The highest BCUT2D eigenvalue weighted by Crippen LogP contribution is 2.14. The number of likely N-dealkylation sites (tertiary alicyclic amines) is 1. The Labute approximate surface area is 126 Å². The summed E-state index contributed by atoms with van der Waals surface area (Å²) < 4.78 is 5.89. The molecule has 1 N–H and O–H groups in total. The quantitative estimate of drug-likeness (QED) is 0.589. The zero-order valence-corrected chi connectivity index (χ0v) is 14.0. The van der Waals surface area contributed by atoms with Crippen LogP contribution in [0.3, 0.4) is 0 Å². The van der Waals surface area contributed by atoms with Crippen molar-refractivity contribution in [2.75, 3.05) is 39.3 Å². The van der Waals surface area contributed by atoms with Gasteiger partial charge >= 0.3 is 0 Å². The third-order valence-corrected chi connectivity index (χ3v) is 3.90. The van der Waals surface area contributed by atoms with Crippen LogP contribution >= 0.6 is 0 Å². The van der Waals surface area contributed by atoms with Gasteiger partial charge in [0.2, 0.25) is 0 Å². The second kappa shape index (κ2) is 11.5. The lowest BCUT2D eigenvalue weighted by atomic mass is 10.1. The fourth-order valence-corrected chi connectivity index (χ4v) is 2.79. The Morgan fingerprint density at radius 3 is 2.85 bits per heavy atom. The van der Waals surface area contributed by atoms with Gasteiger partial charge in [-0.3, -0.25) is 0 Å². The Kier molecular flexibility index (Phi) is 10.3. The van der Waals surface area contributed by atoms with Crippen LogP contribution in [-0.4, -0.2) is 50.3 Å². The maximum atomic E-state index is 5.89. The lowest BCUT2D eigenvalue weighted by Gasteiger charge is -2.32. The highest BCUT2D eigenvalue weighted by molar-refractivity contribution is 4.73. The predicted octanol–water partition coefficient (Wildman–Crippen LogP) is 3.29. The molecule has 0 saturated carbocycles. The summed E-state index contributed by atoms with van der Waals surface area (Å²) in [6.07, 6.45) is 8.21. The first-order chi connectivity index (χ1) is 9.72. The van der Waals surface area contributed by atoms with Gasteiger partial charge in [0.25, 0.3) is 0 Å². The molecule has 20 heavy (non-hydrogen) atoms. The van der Waals surface area contributed by atoms with Crippen molar-refractivity contribution in [1.82, 2.24) is 10.2 Å². The smallest absolute Gasteiger partial charge is 0.0702 e. The maximum absolute atomic E-state index is 5.89. The lowest BCUT2D eigenvalue weighted by Crippen LogP contribution is -2.40. The molecule has 0 aromatic heterocycles. The Morgan fingerprint density at radius 2 is 2.10 bits per heavy atom. The molecule has 3 nitrogen and oxygen atoms in total. The van der Waals surface area contributed by atoms with Gasteiger partial charge in [-0.25, -0.2) is 0 Å². The number of rotatable bonds is 11. The molecule has 3 heteroatoms. The molecule has 1 heterocycles. The lowest BCUT2D eigenvalue weighted by molar-refractivity contribution is -0.000352. The van der Waals surface area contributed by atoms with Crippen LogP contribution in [0.25, 0.3) is 0 Å². The van der Waals surface area contributed by atoms with Crippen LogP contribution in [-0.2, 0) is 4.74 Å². The minimum atomic E-state index is 0.497. The van der Waals surface area contributed by atoms with Gasteiger partial charge in [0.05, 0.1) is 6.10 Å². The highest BCUT2D eigenvalue weighted by Gasteiger charge is 2.19. The van der Waals surface area contributed by atoms with E-state index in [1.807, 2.05) is 0 Å². The summed E-state index contributed by atoms with van der Waals surface area (Å²) in [6.45, 7) is 13.7. The largest absolute Gasteiger partial charge is 0.377 e. The van der Waals surface area contributed by atoms with Crippen molar-refractivity contribution >= 4 is 0 Å². The average Bonchev–Trinajstić information content (AvgIpc) is 2.44. The minimum Gasteiger partial charge on any atom is -0.377 e. The summed E-state index contributed by atoms with van der Waals surface area (Å²) in [5, 5.41) is 3.52. The van der Waals surface area contributed by atoms with Gasteiger partial charge in [-0.05, 0) is 64.2 Å². The normalized spacial score (nSPS) is 20.7. The fourth-order valence-electron chi connectivity index (χ4n) is 2.79. The van der Waals surface area contributed by atoms with Crippen LogP contribution in [0.2, 0.25) is 0 Å². The van der Waals surface area contributed by atoms with Crippen LogP contribution in [0, 0.1) is 5.92 Å². The number of piperidine rings is 1. The second-order valence-electron chi connectivity index (χ2n) is 6.59. The zero-order valence-electron chi connectivity index (χ0n) is 14.0. The molecule has 0 amide bonds. The van der Waals surface area contributed by atoms with E-state index in [0.29, 0.717) is 6.10 Å². The van der Waals surface area contributed by atoms with E-state index in [1.54, 1.807) is 0 Å². The molecule has 1 unspecified atom stereocenters. The summed E-state index contributed by atoms with van der Waals surface area (Å²) in [5.41, 5.74) is 0. The van der Waals surface area contributed by atoms with E-state index in [-0.39, 0.29) is 0 Å². The third kappa shape index (κ3) is 8.93. The van der Waals surface area contributed by atoms with E-state index in [9.17, 15) is 0 Å². The number of hydrogen-bond acceptors (Lipinski definition) is 3. The van der Waals surface area contributed by atoms with Crippen molar-refractivity contribution in [3.8, 4) is 0 Å². The molecule has 1 fully saturated rings. The topological polar surface area (TPSA) is 24.5 Å². The van der Waals surface area contributed by atoms with E-state index in [0.717, 1.165) is 32.0 Å². The number of unbranched alkanes of at least 4 members (excludes halogenated alkanes) is 2. The zero-order chi connectivity index (χ0) is 14.6. The summed E-state index contributed by atoms with van der Waals surface area (Å²) >= 11 is 0. The van der Waals surface area contributed by atoms with Gasteiger partial charge in [-0.2, -0.15) is 0 Å². The van der Waals surface area contributed by atoms with Crippen LogP contribution in [0.5, 0.6) is 0 Å². The van der Waals surface area contributed by atoms with E-state index in [4.69, 9.17) is 4.74 Å². The van der Waals surface area contributed by atoms with Crippen molar-refractivity contribution < 1.29 is 4.74 Å². The first-order valence-electron chi connectivity index (χ1n) is 8.77. The van der Waals surface area contributed by atoms with Crippen molar-refractivity contribution in [2.24, 2.45) is 5.92 Å². The van der Waals surface area contributed by atoms with Crippen LogP contribution in [0.4, 0.5) is 0 Å². The Balaban J connectivity index is 1.95. The van der Waals surface area contributed by atoms with E-state index >= 15 is 0 Å². The summed E-state index contributed by atoms with van der Waals surface area (Å²) in [5.74, 6) is 0.767. The Bertz CT molecular complexity index is 221. The second-order valence-corrected chi connectivity index (χ2v) is 6.59. The van der Waals surface area contributed by atoms with Gasteiger partial charge in [-0.1, -0.05) is 27.2 Å². The maximum Gasteiger partial charge on any atom is 0.0702 e. The molecule has 0 aromatic rings. The number of hydrogen-bond donors (Lipinski definition) is 1. The number of nitrogens with zero attached hydrogens (tertiary/aromatic N) is 1. The molecule has 1 saturated heterocycles. The number of nitrogens with one attached hydrogen (secondary N) is 1. The predicted molar refractivity (Wildman–Crippen MR) is 87.3 cm³/mol. The fraction of sp³-hybridized carbons (Fsp3) is 1.00. The molecular formula is C17H36N2O. The van der Waals surface area contributed by atoms with Gasteiger partial charge in [0.1, 0.15) is 0 Å². The van der Waals surface area contributed by atoms with Gasteiger partial charge in [0.15, 0.2) is 0 Å². The van der Waals surface area contributed by atoms with E-state index in [1.165, 1.54) is 51.7 Å². The molecule has 0 aliphatic carbocycles. The SMILES string of the molecule is CCCOC1CCCN(CCCCCNCC(C)C)C1. The Hall–Kier alpha value is -0.120. The molecular weight excluding hydrogens is 248 g/mol. The van der Waals surface area contributed by atoms with Crippen molar-refractivity contribution in [1.29, 1.82) is 0 Å². The summed E-state index contributed by atoms with van der Waals surface area (Å²) in [7, 11) is 0. The first-order valence-corrected chi connectivity index (χ1v) is 8.77. The van der Waals surface area contributed by atoms with Crippen molar-refractivity contribution in [3.05, 3.63) is 0 Å². The van der Waals surface area contributed by atoms with Crippen LogP contribution < -0.4 is 5.32 Å².